The highest BCUT2D eigenvalue weighted by molar-refractivity contribution is 8.68. The molecule has 2 aromatic rings. The summed E-state index contributed by atoms with van der Waals surface area (Å²) in [5.74, 6) is 0. The molecule has 0 nitrogen and oxygen atoms in total. The first-order chi connectivity index (χ1) is 7.90. The van der Waals surface area contributed by atoms with Crippen molar-refractivity contribution in [2.45, 2.75) is 11.7 Å². The van der Waals surface area contributed by atoms with Crippen LogP contribution in [0, 0.1) is 0 Å². The topological polar surface area (TPSA) is 0 Å². The van der Waals surface area contributed by atoms with E-state index < -0.39 is 0 Å². The van der Waals surface area contributed by atoms with E-state index in [1.165, 1.54) is 11.1 Å². The molecule has 0 saturated carbocycles. The maximum atomic E-state index is 4.37. The minimum Gasteiger partial charge on any atom is -0.111 e. The quantitative estimate of drug-likeness (QED) is 0.610. The number of benzene rings is 2. The minimum absolute atomic E-state index is 0.423. The summed E-state index contributed by atoms with van der Waals surface area (Å²) in [4.78, 5) is 0. The summed E-state index contributed by atoms with van der Waals surface area (Å²) in [6.45, 7) is 0. The van der Waals surface area contributed by atoms with E-state index in [2.05, 4.69) is 66.3 Å². The van der Waals surface area contributed by atoms with Crippen LogP contribution in [-0.2, 0) is 6.42 Å². The molecule has 2 heteroatoms. The number of thiol groups is 1. The first-order valence-electron chi connectivity index (χ1n) is 5.29. The molecule has 2 aromatic carbocycles. The van der Waals surface area contributed by atoms with Crippen LogP contribution in [0.3, 0.4) is 0 Å². The second kappa shape index (κ2) is 6.02. The molecular weight excluding hydrogens is 232 g/mol. The zero-order valence-corrected chi connectivity index (χ0v) is 10.6. The fourth-order valence-corrected chi connectivity index (χ4v) is 2.85. The molecule has 0 amide bonds. The first kappa shape index (κ1) is 11.6. The average Bonchev–Trinajstić information content (AvgIpc) is 2.38. The maximum Gasteiger partial charge on any atom is 0.0438 e. The summed E-state index contributed by atoms with van der Waals surface area (Å²) in [5.41, 5.74) is 2.70. The van der Waals surface area contributed by atoms with Gasteiger partial charge in [0, 0.05) is 5.25 Å². The molecule has 0 aromatic heterocycles. The largest absolute Gasteiger partial charge is 0.111 e. The molecule has 0 radical (unpaired) electrons. The van der Waals surface area contributed by atoms with Gasteiger partial charge in [0.2, 0.25) is 0 Å². The Labute approximate surface area is 106 Å². The lowest BCUT2D eigenvalue weighted by atomic mass is 10.0. The van der Waals surface area contributed by atoms with Gasteiger partial charge in [-0.15, -0.1) is 11.7 Å². The highest BCUT2D eigenvalue weighted by atomic mass is 33.1. The fraction of sp³-hybridized carbons (Fsp3) is 0.143. The van der Waals surface area contributed by atoms with Crippen molar-refractivity contribution >= 4 is 22.5 Å². The molecule has 1 unspecified atom stereocenters. The van der Waals surface area contributed by atoms with Gasteiger partial charge >= 0.3 is 0 Å². The van der Waals surface area contributed by atoms with Gasteiger partial charge in [-0.05, 0) is 17.5 Å². The van der Waals surface area contributed by atoms with Gasteiger partial charge in [0.15, 0.2) is 0 Å². The van der Waals surface area contributed by atoms with Gasteiger partial charge < -0.3 is 0 Å². The summed E-state index contributed by atoms with van der Waals surface area (Å²) in [6, 6.07) is 21.1. The van der Waals surface area contributed by atoms with Gasteiger partial charge in [-0.3, -0.25) is 0 Å². The Morgan fingerprint density at radius 1 is 0.875 bits per heavy atom. The van der Waals surface area contributed by atoms with Crippen LogP contribution in [0.4, 0.5) is 0 Å². The van der Waals surface area contributed by atoms with Crippen LogP contribution in [0.1, 0.15) is 16.4 Å². The molecule has 0 bridgehead atoms. The van der Waals surface area contributed by atoms with Crippen molar-refractivity contribution in [3.05, 3.63) is 71.8 Å². The Bertz CT molecular complexity index is 411. The molecule has 2 rings (SSSR count). The van der Waals surface area contributed by atoms with E-state index in [0.717, 1.165) is 6.42 Å². The Kier molecular flexibility index (Phi) is 4.37. The van der Waals surface area contributed by atoms with Crippen LogP contribution < -0.4 is 0 Å². The Balaban J connectivity index is 2.13. The zero-order valence-electron chi connectivity index (χ0n) is 8.91. The van der Waals surface area contributed by atoms with Crippen LogP contribution in [0.25, 0.3) is 0 Å². The summed E-state index contributed by atoms with van der Waals surface area (Å²) in [7, 11) is 1.61. The third kappa shape index (κ3) is 3.06. The van der Waals surface area contributed by atoms with Crippen molar-refractivity contribution in [2.24, 2.45) is 0 Å². The van der Waals surface area contributed by atoms with Crippen molar-refractivity contribution in [3.8, 4) is 0 Å². The van der Waals surface area contributed by atoms with Crippen LogP contribution in [0.2, 0.25) is 0 Å². The lowest BCUT2D eigenvalue weighted by Gasteiger charge is -2.13. The van der Waals surface area contributed by atoms with E-state index in [1.807, 2.05) is 6.07 Å². The van der Waals surface area contributed by atoms with Crippen molar-refractivity contribution in [3.63, 3.8) is 0 Å². The second-order valence-corrected chi connectivity index (χ2v) is 5.11. The van der Waals surface area contributed by atoms with Gasteiger partial charge in [-0.2, -0.15) is 0 Å². The van der Waals surface area contributed by atoms with Crippen molar-refractivity contribution < 1.29 is 0 Å². The van der Waals surface area contributed by atoms with Crippen molar-refractivity contribution in [2.75, 3.05) is 0 Å². The molecule has 82 valence electrons. The highest BCUT2D eigenvalue weighted by Gasteiger charge is 2.10. The predicted octanol–water partition coefficient (Wildman–Crippen LogP) is 4.55. The molecule has 0 spiro atoms. The Morgan fingerprint density at radius 2 is 1.44 bits per heavy atom. The standard InChI is InChI=1S/C14H14S2/c15-16-14(13-9-5-2-6-10-13)11-12-7-3-1-4-8-12/h1-10,14-15H,11H2. The molecule has 0 aliphatic heterocycles. The summed E-state index contributed by atoms with van der Waals surface area (Å²) >= 11 is 4.37. The number of rotatable bonds is 4. The van der Waals surface area contributed by atoms with Crippen LogP contribution in [-0.4, -0.2) is 0 Å². The van der Waals surface area contributed by atoms with Gasteiger partial charge in [0.1, 0.15) is 0 Å². The average molecular weight is 246 g/mol. The van der Waals surface area contributed by atoms with Gasteiger partial charge in [-0.1, -0.05) is 71.5 Å². The third-order valence-electron chi connectivity index (χ3n) is 2.56. The van der Waals surface area contributed by atoms with Gasteiger partial charge in [-0.25, -0.2) is 0 Å². The molecule has 0 aliphatic rings. The highest BCUT2D eigenvalue weighted by Crippen LogP contribution is 2.34. The zero-order chi connectivity index (χ0) is 11.2. The monoisotopic (exact) mass is 246 g/mol. The predicted molar refractivity (Wildman–Crippen MR) is 75.9 cm³/mol. The van der Waals surface area contributed by atoms with E-state index in [1.54, 1.807) is 10.8 Å². The lowest BCUT2D eigenvalue weighted by Crippen LogP contribution is -1.96. The molecule has 0 N–H and O–H groups in total. The van der Waals surface area contributed by atoms with Gasteiger partial charge in [0.05, 0.1) is 0 Å². The fourth-order valence-electron chi connectivity index (χ4n) is 1.71. The number of hydrogen-bond acceptors (Lipinski definition) is 2. The third-order valence-corrected chi connectivity index (χ3v) is 4.02. The Morgan fingerprint density at radius 3 is 2.00 bits per heavy atom. The van der Waals surface area contributed by atoms with E-state index in [-0.39, 0.29) is 0 Å². The summed E-state index contributed by atoms with van der Waals surface area (Å²) in [6.07, 6.45) is 1.03. The molecule has 0 saturated heterocycles. The van der Waals surface area contributed by atoms with Crippen LogP contribution in [0.15, 0.2) is 60.7 Å². The minimum atomic E-state index is 0.423. The molecule has 0 heterocycles. The van der Waals surface area contributed by atoms with E-state index in [4.69, 9.17) is 0 Å². The van der Waals surface area contributed by atoms with E-state index in [0.29, 0.717) is 5.25 Å². The number of hydrogen-bond donors (Lipinski definition) is 1. The normalized spacial score (nSPS) is 12.3. The van der Waals surface area contributed by atoms with Crippen molar-refractivity contribution in [1.82, 2.24) is 0 Å². The van der Waals surface area contributed by atoms with E-state index in [9.17, 15) is 0 Å². The summed E-state index contributed by atoms with van der Waals surface area (Å²) < 4.78 is 0. The summed E-state index contributed by atoms with van der Waals surface area (Å²) in [5, 5.41) is 0.423. The smallest absolute Gasteiger partial charge is 0.0438 e. The van der Waals surface area contributed by atoms with Gasteiger partial charge in [0.25, 0.3) is 0 Å². The van der Waals surface area contributed by atoms with E-state index >= 15 is 0 Å². The molecular formula is C14H14S2. The molecule has 1 atom stereocenters. The van der Waals surface area contributed by atoms with Crippen molar-refractivity contribution in [1.29, 1.82) is 0 Å². The lowest BCUT2D eigenvalue weighted by molar-refractivity contribution is 0.938. The second-order valence-electron chi connectivity index (χ2n) is 3.69. The van der Waals surface area contributed by atoms with Crippen LogP contribution >= 0.6 is 22.5 Å². The maximum absolute atomic E-state index is 4.37. The molecule has 0 fully saturated rings. The SMILES string of the molecule is SSC(Cc1ccccc1)c1ccccc1. The molecule has 0 aliphatic carbocycles. The molecule has 16 heavy (non-hydrogen) atoms. The van der Waals surface area contributed by atoms with Crippen LogP contribution in [0.5, 0.6) is 0 Å². The first-order valence-corrected chi connectivity index (χ1v) is 7.22. The Hall–Kier alpha value is -0.860.